The van der Waals surface area contributed by atoms with Crippen molar-refractivity contribution in [3.63, 3.8) is 0 Å². The van der Waals surface area contributed by atoms with Crippen LogP contribution in [0.2, 0.25) is 0 Å². The molecule has 0 aliphatic heterocycles. The molecule has 0 fully saturated rings. The Morgan fingerprint density at radius 2 is 1.75 bits per heavy atom. The fourth-order valence-corrected chi connectivity index (χ4v) is 3.45. The van der Waals surface area contributed by atoms with E-state index in [4.69, 9.17) is 27.4 Å². The molecule has 0 unspecified atom stereocenters. The second kappa shape index (κ2) is 8.63. The maximum atomic E-state index is 7.82. The minimum absolute atomic E-state index is 0.173. The number of benzene rings is 2. The van der Waals surface area contributed by atoms with Gasteiger partial charge < -0.3 is 16.6 Å². The zero-order valence-corrected chi connectivity index (χ0v) is 16.0. The number of aliphatic imine (C=N–C) groups is 1. The summed E-state index contributed by atoms with van der Waals surface area (Å²) in [5.41, 5.74) is 15.6. The van der Waals surface area contributed by atoms with Crippen molar-refractivity contribution >= 4 is 29.1 Å². The van der Waals surface area contributed by atoms with Gasteiger partial charge in [0.1, 0.15) is 5.84 Å². The van der Waals surface area contributed by atoms with Gasteiger partial charge in [0.05, 0.1) is 11.4 Å². The lowest BCUT2D eigenvalue weighted by Gasteiger charge is -2.20. The SMILES string of the molecule is CC1=C(/C(=N\c2ccc(N)c(C=N)c2)c2ccc(C(=N)NN)cc2)CCCC1. The zero-order chi connectivity index (χ0) is 20.1. The molecule has 6 heteroatoms. The first kappa shape index (κ1) is 19.5. The van der Waals surface area contributed by atoms with Gasteiger partial charge in [0, 0.05) is 28.6 Å². The molecule has 0 bridgehead atoms. The maximum absolute atomic E-state index is 7.82. The summed E-state index contributed by atoms with van der Waals surface area (Å²) >= 11 is 0. The predicted octanol–water partition coefficient (Wildman–Crippen LogP) is 4.07. The molecule has 3 rings (SSSR count). The van der Waals surface area contributed by atoms with Crippen LogP contribution in [0.1, 0.15) is 49.3 Å². The smallest absolute Gasteiger partial charge is 0.139 e. The second-order valence-electron chi connectivity index (χ2n) is 6.98. The van der Waals surface area contributed by atoms with Crippen LogP contribution in [-0.2, 0) is 0 Å². The Morgan fingerprint density at radius 1 is 1.07 bits per heavy atom. The number of allylic oxidation sites excluding steroid dienone is 2. The number of rotatable bonds is 5. The maximum Gasteiger partial charge on any atom is 0.139 e. The largest absolute Gasteiger partial charge is 0.398 e. The van der Waals surface area contributed by atoms with E-state index in [1.54, 1.807) is 6.07 Å². The Balaban J connectivity index is 2.10. The third kappa shape index (κ3) is 4.18. The molecule has 0 atom stereocenters. The minimum Gasteiger partial charge on any atom is -0.398 e. The lowest BCUT2D eigenvalue weighted by atomic mass is 9.87. The Morgan fingerprint density at radius 3 is 2.39 bits per heavy atom. The fourth-order valence-electron chi connectivity index (χ4n) is 3.45. The van der Waals surface area contributed by atoms with Crippen LogP contribution >= 0.6 is 0 Å². The van der Waals surface area contributed by atoms with Crippen LogP contribution in [0, 0.1) is 10.8 Å². The van der Waals surface area contributed by atoms with E-state index in [9.17, 15) is 0 Å². The summed E-state index contributed by atoms with van der Waals surface area (Å²) in [4.78, 5) is 4.95. The van der Waals surface area contributed by atoms with E-state index in [2.05, 4.69) is 12.3 Å². The number of hydrogen-bond acceptors (Lipinski definition) is 5. The molecule has 28 heavy (non-hydrogen) atoms. The number of nitrogens with two attached hydrogens (primary N) is 2. The number of amidine groups is 1. The van der Waals surface area contributed by atoms with Crippen LogP contribution in [0.25, 0.3) is 0 Å². The van der Waals surface area contributed by atoms with Gasteiger partial charge in [0.2, 0.25) is 0 Å². The van der Waals surface area contributed by atoms with Gasteiger partial charge in [-0.2, -0.15) is 0 Å². The molecule has 2 aromatic rings. The summed E-state index contributed by atoms with van der Waals surface area (Å²) in [6, 6.07) is 13.2. The van der Waals surface area contributed by atoms with Crippen LogP contribution in [0.4, 0.5) is 11.4 Å². The molecular formula is C22H26N6. The second-order valence-corrected chi connectivity index (χ2v) is 6.98. The van der Waals surface area contributed by atoms with Crippen LogP contribution in [0.5, 0.6) is 0 Å². The topological polar surface area (TPSA) is 124 Å². The van der Waals surface area contributed by atoms with Gasteiger partial charge in [-0.25, -0.2) is 10.8 Å². The third-order valence-corrected chi connectivity index (χ3v) is 5.09. The van der Waals surface area contributed by atoms with Crippen molar-refractivity contribution in [2.24, 2.45) is 10.8 Å². The molecule has 1 aliphatic rings. The van der Waals surface area contributed by atoms with Crippen molar-refractivity contribution in [3.8, 4) is 0 Å². The number of hydrazine groups is 1. The van der Waals surface area contributed by atoms with Gasteiger partial charge in [0.15, 0.2) is 0 Å². The first-order valence-corrected chi connectivity index (χ1v) is 9.37. The highest BCUT2D eigenvalue weighted by atomic mass is 15.2. The van der Waals surface area contributed by atoms with E-state index in [1.165, 1.54) is 23.8 Å². The van der Waals surface area contributed by atoms with Gasteiger partial charge in [-0.05, 0) is 56.4 Å². The predicted molar refractivity (Wildman–Crippen MR) is 117 cm³/mol. The molecule has 144 valence electrons. The molecule has 0 saturated heterocycles. The standard InChI is InChI=1S/C22H26N6/c1-14-4-2-3-5-19(14)21(15-6-8-16(9-7-15)22(25)28-26)27-18-10-11-20(24)17(12-18)13-23/h6-13,23H,2-5,24,26H2,1H3,(H2,25,28)/b23-13?,27-21-. The van der Waals surface area contributed by atoms with Crippen molar-refractivity contribution in [2.45, 2.75) is 32.6 Å². The van der Waals surface area contributed by atoms with Crippen LogP contribution < -0.4 is 17.0 Å². The number of nitrogens with one attached hydrogen (secondary N) is 3. The van der Waals surface area contributed by atoms with Crippen LogP contribution in [-0.4, -0.2) is 17.8 Å². The quantitative estimate of drug-likeness (QED) is 0.178. The zero-order valence-electron chi connectivity index (χ0n) is 16.0. The van der Waals surface area contributed by atoms with Crippen molar-refractivity contribution < 1.29 is 0 Å². The van der Waals surface area contributed by atoms with Gasteiger partial charge >= 0.3 is 0 Å². The third-order valence-electron chi connectivity index (χ3n) is 5.09. The van der Waals surface area contributed by atoms with Crippen LogP contribution in [0.15, 0.2) is 58.6 Å². The van der Waals surface area contributed by atoms with Gasteiger partial charge in [-0.3, -0.25) is 5.41 Å². The summed E-state index contributed by atoms with van der Waals surface area (Å²) in [5.74, 6) is 5.52. The normalized spacial score (nSPS) is 14.7. The molecule has 2 aromatic carbocycles. The molecule has 0 radical (unpaired) electrons. The van der Waals surface area contributed by atoms with Crippen LogP contribution in [0.3, 0.4) is 0 Å². The van der Waals surface area contributed by atoms with Gasteiger partial charge in [-0.1, -0.05) is 29.8 Å². The molecule has 0 aromatic heterocycles. The van der Waals surface area contributed by atoms with E-state index >= 15 is 0 Å². The average molecular weight is 374 g/mol. The molecule has 0 amide bonds. The summed E-state index contributed by atoms with van der Waals surface area (Å²) in [7, 11) is 0. The van der Waals surface area contributed by atoms with E-state index in [-0.39, 0.29) is 5.84 Å². The van der Waals surface area contributed by atoms with E-state index < -0.39 is 0 Å². The van der Waals surface area contributed by atoms with Crippen molar-refractivity contribution in [2.75, 3.05) is 5.73 Å². The molecule has 0 saturated carbocycles. The first-order chi connectivity index (χ1) is 13.5. The highest BCUT2D eigenvalue weighted by Crippen LogP contribution is 2.30. The lowest BCUT2D eigenvalue weighted by Crippen LogP contribution is -2.30. The first-order valence-electron chi connectivity index (χ1n) is 9.37. The minimum atomic E-state index is 0.173. The molecule has 0 heterocycles. The number of nitrogen functional groups attached to an aromatic ring is 1. The molecule has 6 nitrogen and oxygen atoms in total. The summed E-state index contributed by atoms with van der Waals surface area (Å²) in [5, 5.41) is 15.4. The van der Waals surface area contributed by atoms with E-state index in [0.717, 1.165) is 41.8 Å². The molecule has 1 aliphatic carbocycles. The monoisotopic (exact) mass is 374 g/mol. The summed E-state index contributed by atoms with van der Waals surface area (Å²) in [6.07, 6.45) is 5.69. The van der Waals surface area contributed by atoms with Crippen molar-refractivity contribution in [1.82, 2.24) is 5.43 Å². The summed E-state index contributed by atoms with van der Waals surface area (Å²) in [6.45, 7) is 2.18. The van der Waals surface area contributed by atoms with Gasteiger partial charge in [-0.15, -0.1) is 0 Å². The molecule has 7 N–H and O–H groups in total. The van der Waals surface area contributed by atoms with Gasteiger partial charge in [0.25, 0.3) is 0 Å². The molecular weight excluding hydrogens is 348 g/mol. The number of hydrogen-bond donors (Lipinski definition) is 5. The lowest BCUT2D eigenvalue weighted by molar-refractivity contribution is 0.688. The number of anilines is 1. The summed E-state index contributed by atoms with van der Waals surface area (Å²) < 4.78 is 0. The van der Waals surface area contributed by atoms with E-state index in [1.807, 2.05) is 36.4 Å². The van der Waals surface area contributed by atoms with Crippen molar-refractivity contribution in [3.05, 3.63) is 70.3 Å². The Hall–Kier alpha value is -3.25. The fraction of sp³-hybridized carbons (Fsp3) is 0.227. The average Bonchev–Trinajstić information content (AvgIpc) is 2.73. The highest BCUT2D eigenvalue weighted by molar-refractivity contribution is 6.14. The Bertz CT molecular complexity index is 953. The van der Waals surface area contributed by atoms with E-state index in [0.29, 0.717) is 11.3 Å². The Kier molecular flexibility index (Phi) is 6.01. The number of nitrogens with zero attached hydrogens (tertiary/aromatic N) is 1. The van der Waals surface area contributed by atoms with Crippen molar-refractivity contribution in [1.29, 1.82) is 10.8 Å². The molecule has 0 spiro atoms. The highest BCUT2D eigenvalue weighted by Gasteiger charge is 2.17. The Labute approximate surface area is 165 Å².